The Hall–Kier alpha value is -1.51. The monoisotopic (exact) mass is 456 g/mol. The summed E-state index contributed by atoms with van der Waals surface area (Å²) in [6, 6.07) is 13.1. The summed E-state index contributed by atoms with van der Waals surface area (Å²) in [4.78, 5) is 0.737. The lowest BCUT2D eigenvalue weighted by atomic mass is 10.1. The first-order valence-corrected chi connectivity index (χ1v) is 11.8. The Labute approximate surface area is 175 Å². The fraction of sp³-hybridized carbons (Fsp3) is 0.0556. The molecule has 0 saturated carbocycles. The summed E-state index contributed by atoms with van der Waals surface area (Å²) < 4.78 is 27.0. The van der Waals surface area contributed by atoms with Crippen molar-refractivity contribution in [1.82, 2.24) is 0 Å². The van der Waals surface area contributed by atoms with Crippen molar-refractivity contribution in [3.63, 3.8) is 0 Å². The number of hydrogen-bond donors (Lipinski definition) is 2. The van der Waals surface area contributed by atoms with E-state index in [1.807, 2.05) is 0 Å². The van der Waals surface area contributed by atoms with E-state index in [4.69, 9.17) is 34.3 Å². The molecule has 1 aromatic heterocycles. The maximum Gasteiger partial charge on any atom is 0.208 e. The maximum absolute atomic E-state index is 13.2. The minimum Gasteiger partial charge on any atom is -0.383 e. The van der Waals surface area contributed by atoms with Crippen LogP contribution in [0, 0.1) is 5.41 Å². The number of halogens is 2. The summed E-state index contributed by atoms with van der Waals surface area (Å²) in [5.74, 6) is -0.154. The van der Waals surface area contributed by atoms with Crippen molar-refractivity contribution >= 4 is 62.0 Å². The van der Waals surface area contributed by atoms with Gasteiger partial charge < -0.3 is 5.73 Å². The number of rotatable bonds is 5. The quantitative estimate of drug-likeness (QED) is 0.299. The van der Waals surface area contributed by atoms with Crippen molar-refractivity contribution in [3.8, 4) is 11.1 Å². The highest BCUT2D eigenvalue weighted by molar-refractivity contribution is 8.01. The lowest BCUT2D eigenvalue weighted by Crippen LogP contribution is -2.08. The number of amidine groups is 1. The summed E-state index contributed by atoms with van der Waals surface area (Å²) in [5, 5.41) is 8.52. The van der Waals surface area contributed by atoms with Gasteiger partial charge in [0.1, 0.15) is 5.84 Å². The van der Waals surface area contributed by atoms with Gasteiger partial charge in [-0.3, -0.25) is 5.41 Å². The SMILES string of the molecule is CSc1sc(C(=N)N)cc1S(=O)(=O)c1cccc(-c2cc(Cl)cc(Cl)c2)c1. The number of sulfone groups is 1. The van der Waals surface area contributed by atoms with Gasteiger partial charge in [-0.1, -0.05) is 35.3 Å². The van der Waals surface area contributed by atoms with Gasteiger partial charge in [-0.2, -0.15) is 0 Å². The van der Waals surface area contributed by atoms with Crippen molar-refractivity contribution in [3.05, 3.63) is 63.5 Å². The number of thiophene rings is 1. The van der Waals surface area contributed by atoms with Crippen molar-refractivity contribution < 1.29 is 8.42 Å². The van der Waals surface area contributed by atoms with Gasteiger partial charge in [0, 0.05) is 10.0 Å². The molecule has 3 rings (SSSR count). The van der Waals surface area contributed by atoms with E-state index in [1.54, 1.807) is 48.7 Å². The number of hydrogen-bond acceptors (Lipinski definition) is 5. The van der Waals surface area contributed by atoms with Gasteiger partial charge in [-0.25, -0.2) is 8.42 Å². The first kappa shape index (κ1) is 20.2. The molecular weight excluding hydrogens is 443 g/mol. The van der Waals surface area contributed by atoms with Gasteiger partial charge in [-0.15, -0.1) is 23.1 Å². The molecule has 0 spiro atoms. The molecule has 0 fully saturated rings. The highest BCUT2D eigenvalue weighted by Crippen LogP contribution is 2.38. The number of nitrogens with one attached hydrogen (secondary N) is 1. The van der Waals surface area contributed by atoms with Crippen molar-refractivity contribution in [2.45, 2.75) is 14.0 Å². The lowest BCUT2D eigenvalue weighted by molar-refractivity contribution is 0.595. The van der Waals surface area contributed by atoms with Crippen LogP contribution in [0.5, 0.6) is 0 Å². The molecule has 1 heterocycles. The summed E-state index contributed by atoms with van der Waals surface area (Å²) >= 11 is 14.6. The highest BCUT2D eigenvalue weighted by atomic mass is 35.5. The first-order valence-electron chi connectivity index (χ1n) is 7.56. The van der Waals surface area contributed by atoms with Crippen molar-refractivity contribution in [1.29, 1.82) is 5.41 Å². The molecule has 27 heavy (non-hydrogen) atoms. The van der Waals surface area contributed by atoms with E-state index in [1.165, 1.54) is 29.2 Å². The van der Waals surface area contributed by atoms with Gasteiger partial charge >= 0.3 is 0 Å². The van der Waals surface area contributed by atoms with E-state index in [-0.39, 0.29) is 15.6 Å². The fourth-order valence-electron chi connectivity index (χ4n) is 2.51. The molecule has 0 aliphatic carbocycles. The largest absolute Gasteiger partial charge is 0.383 e. The van der Waals surface area contributed by atoms with E-state index in [2.05, 4.69) is 0 Å². The Kier molecular flexibility index (Phi) is 5.88. The molecule has 0 unspecified atom stereocenters. The van der Waals surface area contributed by atoms with Crippen LogP contribution in [0.3, 0.4) is 0 Å². The molecule has 4 nitrogen and oxygen atoms in total. The third kappa shape index (κ3) is 4.17. The lowest BCUT2D eigenvalue weighted by Gasteiger charge is -2.08. The second kappa shape index (κ2) is 7.85. The first-order chi connectivity index (χ1) is 12.7. The normalized spacial score (nSPS) is 11.5. The minimum absolute atomic E-state index is 0.152. The van der Waals surface area contributed by atoms with Gasteiger partial charge in [-0.05, 0) is 53.8 Å². The Morgan fingerprint density at radius 3 is 2.33 bits per heavy atom. The van der Waals surface area contributed by atoms with Crippen LogP contribution in [0.15, 0.2) is 62.5 Å². The third-order valence-corrected chi connectivity index (χ3v) is 8.52. The summed E-state index contributed by atoms with van der Waals surface area (Å²) in [5.41, 5.74) is 6.94. The third-order valence-electron chi connectivity index (χ3n) is 3.75. The topological polar surface area (TPSA) is 84.0 Å². The zero-order valence-electron chi connectivity index (χ0n) is 14.0. The molecule has 0 radical (unpaired) electrons. The molecule has 9 heteroatoms. The molecule has 140 valence electrons. The minimum atomic E-state index is -3.77. The molecule has 0 bridgehead atoms. The molecule has 2 aromatic carbocycles. The molecule has 0 amide bonds. The van der Waals surface area contributed by atoms with E-state index < -0.39 is 9.84 Å². The second-order valence-electron chi connectivity index (χ2n) is 5.57. The van der Waals surface area contributed by atoms with Crippen LogP contribution < -0.4 is 5.73 Å². The van der Waals surface area contributed by atoms with E-state index in [9.17, 15) is 8.42 Å². The Morgan fingerprint density at radius 1 is 1.07 bits per heavy atom. The van der Waals surface area contributed by atoms with Gasteiger partial charge in [0.15, 0.2) is 0 Å². The number of nitrogens with two attached hydrogens (primary N) is 1. The van der Waals surface area contributed by atoms with E-state index >= 15 is 0 Å². The number of nitrogen functional groups attached to an aromatic ring is 1. The fourth-order valence-corrected chi connectivity index (χ4v) is 6.94. The molecule has 3 N–H and O–H groups in total. The molecule has 0 aliphatic heterocycles. The molecule has 3 aromatic rings. The Bertz CT molecular complexity index is 1120. The van der Waals surface area contributed by atoms with Crippen LogP contribution in [-0.4, -0.2) is 20.5 Å². The van der Waals surface area contributed by atoms with Crippen LogP contribution in [0.25, 0.3) is 11.1 Å². The average molecular weight is 457 g/mol. The number of benzene rings is 2. The van der Waals surface area contributed by atoms with Crippen molar-refractivity contribution in [2.24, 2.45) is 5.73 Å². The van der Waals surface area contributed by atoms with Crippen LogP contribution >= 0.6 is 46.3 Å². The van der Waals surface area contributed by atoms with Crippen LogP contribution in [0.2, 0.25) is 10.0 Å². The Morgan fingerprint density at radius 2 is 1.74 bits per heavy atom. The standard InChI is InChI=1S/C18H14Cl2N2O2S3/c1-25-18-16(9-15(26-18)17(21)22)27(23,24)14-4-2-3-10(7-14)11-5-12(19)8-13(20)6-11/h2-9H,1H3,(H3,21,22). The number of thioether (sulfide) groups is 1. The molecule has 0 saturated heterocycles. The zero-order chi connectivity index (χ0) is 19.8. The Balaban J connectivity index is 2.13. The summed E-state index contributed by atoms with van der Waals surface area (Å²) in [6.07, 6.45) is 1.79. The molecular formula is C18H14Cl2N2O2S3. The second-order valence-corrected chi connectivity index (χ2v) is 10.5. The molecule has 0 atom stereocenters. The molecule has 0 aliphatic rings. The average Bonchev–Trinajstić information content (AvgIpc) is 3.06. The van der Waals surface area contributed by atoms with Crippen LogP contribution in [0.4, 0.5) is 0 Å². The van der Waals surface area contributed by atoms with Crippen molar-refractivity contribution in [2.75, 3.05) is 6.26 Å². The van der Waals surface area contributed by atoms with Gasteiger partial charge in [0.25, 0.3) is 0 Å². The predicted molar refractivity (Wildman–Crippen MR) is 114 cm³/mol. The highest BCUT2D eigenvalue weighted by Gasteiger charge is 2.25. The van der Waals surface area contributed by atoms with Crippen LogP contribution in [0.1, 0.15) is 4.88 Å². The smallest absolute Gasteiger partial charge is 0.208 e. The van der Waals surface area contributed by atoms with E-state index in [0.29, 0.717) is 24.7 Å². The predicted octanol–water partition coefficient (Wildman–Crippen LogP) is 5.56. The zero-order valence-corrected chi connectivity index (χ0v) is 18.0. The van der Waals surface area contributed by atoms with Gasteiger partial charge in [0.05, 0.1) is 18.9 Å². The van der Waals surface area contributed by atoms with Gasteiger partial charge in [0.2, 0.25) is 9.84 Å². The van der Waals surface area contributed by atoms with E-state index in [0.717, 1.165) is 5.56 Å². The summed E-state index contributed by atoms with van der Waals surface area (Å²) in [6.45, 7) is 0. The summed E-state index contributed by atoms with van der Waals surface area (Å²) in [7, 11) is -3.77. The van der Waals surface area contributed by atoms with Crippen LogP contribution in [-0.2, 0) is 9.84 Å². The maximum atomic E-state index is 13.2.